The number of pyridine rings is 1. The SMILES string of the molecule is O=C(O[C@H](COc1cccc2cnccc12)CN1CCC2(CC1)Cc1cc(Cl)ccc1O2)C(F)(F)F. The minimum Gasteiger partial charge on any atom is -0.489 e. The van der Waals surface area contributed by atoms with Crippen LogP contribution in [0.4, 0.5) is 13.2 Å². The van der Waals surface area contributed by atoms with Crippen molar-refractivity contribution in [2.45, 2.75) is 37.1 Å². The fourth-order valence-electron chi connectivity index (χ4n) is 4.86. The number of esters is 1. The third kappa shape index (κ3) is 5.37. The van der Waals surface area contributed by atoms with E-state index in [4.69, 9.17) is 25.8 Å². The molecule has 36 heavy (non-hydrogen) atoms. The van der Waals surface area contributed by atoms with Gasteiger partial charge in [-0.25, -0.2) is 4.79 Å². The van der Waals surface area contributed by atoms with Crippen LogP contribution in [0.15, 0.2) is 54.9 Å². The van der Waals surface area contributed by atoms with Crippen LogP contribution in [0.25, 0.3) is 10.8 Å². The average molecular weight is 521 g/mol. The molecule has 1 fully saturated rings. The van der Waals surface area contributed by atoms with E-state index >= 15 is 0 Å². The number of hydrogen-bond acceptors (Lipinski definition) is 6. The number of hydrogen-bond donors (Lipinski definition) is 0. The van der Waals surface area contributed by atoms with Crippen molar-refractivity contribution in [3.8, 4) is 11.5 Å². The van der Waals surface area contributed by atoms with E-state index in [-0.39, 0.29) is 18.8 Å². The third-order valence-electron chi connectivity index (χ3n) is 6.66. The number of carbonyl (C=O) groups is 1. The minimum atomic E-state index is -5.08. The molecule has 0 amide bonds. The normalized spacial score (nSPS) is 18.0. The van der Waals surface area contributed by atoms with E-state index in [0.29, 0.717) is 36.7 Å². The van der Waals surface area contributed by atoms with Gasteiger partial charge in [-0.15, -0.1) is 0 Å². The molecule has 1 spiro atoms. The highest BCUT2D eigenvalue weighted by Gasteiger charge is 2.44. The third-order valence-corrected chi connectivity index (χ3v) is 6.90. The lowest BCUT2D eigenvalue weighted by Crippen LogP contribution is -2.50. The lowest BCUT2D eigenvalue weighted by atomic mass is 9.87. The molecular weight excluding hydrogens is 497 g/mol. The van der Waals surface area contributed by atoms with E-state index in [1.807, 2.05) is 23.1 Å². The van der Waals surface area contributed by atoms with Crippen molar-refractivity contribution in [3.05, 3.63) is 65.4 Å². The van der Waals surface area contributed by atoms with Crippen LogP contribution in [-0.4, -0.2) is 60.0 Å². The van der Waals surface area contributed by atoms with Gasteiger partial charge in [0, 0.05) is 67.1 Å². The number of likely N-dealkylation sites (tertiary alicyclic amines) is 1. The maximum Gasteiger partial charge on any atom is 0.490 e. The molecule has 2 aliphatic rings. The highest BCUT2D eigenvalue weighted by atomic mass is 35.5. The molecule has 5 rings (SSSR count). The molecule has 2 aromatic carbocycles. The summed E-state index contributed by atoms with van der Waals surface area (Å²) < 4.78 is 55.8. The van der Waals surface area contributed by atoms with Gasteiger partial charge in [0.25, 0.3) is 0 Å². The molecule has 1 saturated heterocycles. The first-order chi connectivity index (χ1) is 17.2. The van der Waals surface area contributed by atoms with Crippen molar-refractivity contribution in [1.29, 1.82) is 0 Å². The summed E-state index contributed by atoms with van der Waals surface area (Å²) in [6.45, 7) is 1.07. The summed E-state index contributed by atoms with van der Waals surface area (Å²) >= 11 is 6.11. The molecule has 10 heteroatoms. The first-order valence-electron chi connectivity index (χ1n) is 11.6. The molecule has 3 aromatic rings. The number of piperidine rings is 1. The Labute approximate surface area is 210 Å². The molecule has 0 N–H and O–H groups in total. The van der Waals surface area contributed by atoms with E-state index in [2.05, 4.69) is 4.98 Å². The second-order valence-corrected chi connectivity index (χ2v) is 9.64. The van der Waals surface area contributed by atoms with Gasteiger partial charge >= 0.3 is 12.1 Å². The summed E-state index contributed by atoms with van der Waals surface area (Å²) in [4.78, 5) is 17.7. The van der Waals surface area contributed by atoms with Gasteiger partial charge in [0.05, 0.1) is 0 Å². The first kappa shape index (κ1) is 24.6. The van der Waals surface area contributed by atoms with E-state index in [1.165, 1.54) is 0 Å². The van der Waals surface area contributed by atoms with Crippen molar-refractivity contribution >= 4 is 28.3 Å². The Hall–Kier alpha value is -3.04. The lowest BCUT2D eigenvalue weighted by molar-refractivity contribution is -0.206. The Morgan fingerprint density at radius 2 is 2.00 bits per heavy atom. The van der Waals surface area contributed by atoms with Crippen molar-refractivity contribution in [2.75, 3.05) is 26.2 Å². The highest BCUT2D eigenvalue weighted by molar-refractivity contribution is 6.30. The Bertz CT molecular complexity index is 1260. The number of fused-ring (bicyclic) bond motifs is 2. The van der Waals surface area contributed by atoms with Gasteiger partial charge in [0.15, 0.2) is 0 Å². The molecule has 0 saturated carbocycles. The van der Waals surface area contributed by atoms with Gasteiger partial charge < -0.3 is 14.2 Å². The Balaban J connectivity index is 1.24. The molecule has 0 aliphatic carbocycles. The largest absolute Gasteiger partial charge is 0.490 e. The van der Waals surface area contributed by atoms with Crippen molar-refractivity contribution in [2.24, 2.45) is 0 Å². The molecule has 3 heterocycles. The van der Waals surface area contributed by atoms with Crippen LogP contribution >= 0.6 is 11.6 Å². The van der Waals surface area contributed by atoms with Gasteiger partial charge in [-0.1, -0.05) is 23.7 Å². The zero-order valence-corrected chi connectivity index (χ0v) is 20.0. The monoisotopic (exact) mass is 520 g/mol. The predicted octanol–water partition coefficient (Wildman–Crippen LogP) is 5.21. The van der Waals surface area contributed by atoms with Crippen LogP contribution in [0.1, 0.15) is 18.4 Å². The highest BCUT2D eigenvalue weighted by Crippen LogP contribution is 2.42. The molecular formula is C26H24ClF3N2O4. The average Bonchev–Trinajstić information content (AvgIpc) is 3.20. The van der Waals surface area contributed by atoms with Crippen molar-refractivity contribution in [1.82, 2.24) is 9.88 Å². The van der Waals surface area contributed by atoms with E-state index in [1.54, 1.807) is 36.7 Å². The quantitative estimate of drug-likeness (QED) is 0.416. The van der Waals surface area contributed by atoms with Crippen LogP contribution < -0.4 is 9.47 Å². The molecule has 0 unspecified atom stereocenters. The molecule has 1 atom stereocenters. The predicted molar refractivity (Wildman–Crippen MR) is 127 cm³/mol. The molecule has 190 valence electrons. The van der Waals surface area contributed by atoms with Gasteiger partial charge in [-0.05, 0) is 35.9 Å². The molecule has 2 aliphatic heterocycles. The summed E-state index contributed by atoms with van der Waals surface area (Å²) in [5.74, 6) is -0.919. The van der Waals surface area contributed by atoms with Gasteiger partial charge in [0.1, 0.15) is 29.8 Å². The van der Waals surface area contributed by atoms with Gasteiger partial charge in [0.2, 0.25) is 0 Å². The van der Waals surface area contributed by atoms with E-state index in [0.717, 1.165) is 28.5 Å². The number of nitrogens with zero attached hydrogens (tertiary/aromatic N) is 2. The number of ether oxygens (including phenoxy) is 3. The number of carbonyl (C=O) groups excluding carboxylic acids is 1. The van der Waals surface area contributed by atoms with Crippen LogP contribution in [0, 0.1) is 0 Å². The standard InChI is InChI=1S/C26H24ClF3N2O4/c27-19-4-5-22-18(12-19)13-25(36-22)7-10-32(11-8-25)15-20(35-24(33)26(28,29)30)16-34-23-3-1-2-17-14-31-9-6-21(17)23/h1-6,9,12,14,20H,7-8,10-11,13,15-16H2/t20-/m0/s1. The number of rotatable bonds is 6. The van der Waals surface area contributed by atoms with Crippen LogP contribution in [0.3, 0.4) is 0 Å². The fourth-order valence-corrected chi connectivity index (χ4v) is 5.05. The zero-order chi connectivity index (χ0) is 25.3. The summed E-state index contributed by atoms with van der Waals surface area (Å²) in [5, 5.41) is 2.26. The molecule has 6 nitrogen and oxygen atoms in total. The number of aromatic nitrogens is 1. The molecule has 1 aromatic heterocycles. The van der Waals surface area contributed by atoms with Gasteiger partial charge in [-0.3, -0.25) is 9.88 Å². The van der Waals surface area contributed by atoms with Crippen LogP contribution in [0.5, 0.6) is 11.5 Å². The Morgan fingerprint density at radius 3 is 2.78 bits per heavy atom. The molecule has 0 bridgehead atoms. The second kappa shape index (κ2) is 9.78. The summed E-state index contributed by atoms with van der Waals surface area (Å²) in [6, 6.07) is 12.7. The first-order valence-corrected chi connectivity index (χ1v) is 12.0. The van der Waals surface area contributed by atoms with Crippen LogP contribution in [0.2, 0.25) is 5.02 Å². The zero-order valence-electron chi connectivity index (χ0n) is 19.3. The summed E-state index contributed by atoms with van der Waals surface area (Å²) in [6.07, 6.45) is -0.790. The van der Waals surface area contributed by atoms with E-state index < -0.39 is 18.2 Å². The summed E-state index contributed by atoms with van der Waals surface area (Å²) in [5.41, 5.74) is 0.710. The Morgan fingerprint density at radius 1 is 1.19 bits per heavy atom. The Kier molecular flexibility index (Phi) is 6.70. The lowest BCUT2D eigenvalue weighted by Gasteiger charge is -2.39. The number of alkyl halides is 3. The topological polar surface area (TPSA) is 60.9 Å². The second-order valence-electron chi connectivity index (χ2n) is 9.20. The summed E-state index contributed by atoms with van der Waals surface area (Å²) in [7, 11) is 0. The fraction of sp³-hybridized carbons (Fsp3) is 0.385. The van der Waals surface area contributed by atoms with E-state index in [9.17, 15) is 18.0 Å². The maximum atomic E-state index is 13.0. The smallest absolute Gasteiger partial charge is 0.489 e. The van der Waals surface area contributed by atoms with Crippen molar-refractivity contribution < 1.29 is 32.2 Å². The minimum absolute atomic E-state index is 0.114. The number of halogens is 4. The van der Waals surface area contributed by atoms with Crippen LogP contribution in [-0.2, 0) is 16.0 Å². The molecule has 0 radical (unpaired) electrons. The van der Waals surface area contributed by atoms with Crippen molar-refractivity contribution in [3.63, 3.8) is 0 Å². The maximum absolute atomic E-state index is 13.0. The number of benzene rings is 2. The van der Waals surface area contributed by atoms with Gasteiger partial charge in [-0.2, -0.15) is 13.2 Å².